The highest BCUT2D eigenvalue weighted by atomic mass is 16.5. The van der Waals surface area contributed by atoms with Crippen molar-refractivity contribution < 1.29 is 14.0 Å². The van der Waals surface area contributed by atoms with Crippen molar-refractivity contribution in [2.24, 2.45) is 0 Å². The molecule has 94 valence electrons. The number of likely N-dealkylation sites (N-methyl/N-ethyl adjacent to an activating group) is 1. The van der Waals surface area contributed by atoms with Crippen LogP contribution in [0.2, 0.25) is 0 Å². The van der Waals surface area contributed by atoms with Crippen LogP contribution < -0.4 is 14.8 Å². The predicted molar refractivity (Wildman–Crippen MR) is 64.6 cm³/mol. The first-order valence-electron chi connectivity index (χ1n) is 5.83. The summed E-state index contributed by atoms with van der Waals surface area (Å²) in [6.45, 7) is 1.03. The first-order valence-corrected chi connectivity index (χ1v) is 5.83. The van der Waals surface area contributed by atoms with Gasteiger partial charge in [0.05, 0.1) is 12.2 Å². The lowest BCUT2D eigenvalue weighted by Gasteiger charge is -2.07. The minimum atomic E-state index is 0.267. The highest BCUT2D eigenvalue weighted by Crippen LogP contribution is 2.35. The van der Waals surface area contributed by atoms with Gasteiger partial charge in [0.1, 0.15) is 24.7 Å². The van der Waals surface area contributed by atoms with Gasteiger partial charge in [-0.15, -0.1) is 0 Å². The third-order valence-electron chi connectivity index (χ3n) is 2.99. The maximum atomic E-state index is 5.61. The zero-order valence-electron chi connectivity index (χ0n) is 10.1. The Morgan fingerprint density at radius 1 is 1.44 bits per heavy atom. The summed E-state index contributed by atoms with van der Waals surface area (Å²) in [4.78, 5) is 0. The molecule has 2 aromatic rings. The van der Waals surface area contributed by atoms with E-state index in [-0.39, 0.29) is 6.04 Å². The van der Waals surface area contributed by atoms with Crippen molar-refractivity contribution in [3.8, 4) is 11.5 Å². The van der Waals surface area contributed by atoms with Crippen molar-refractivity contribution >= 4 is 0 Å². The first kappa shape index (κ1) is 11.1. The Morgan fingerprint density at radius 3 is 3.17 bits per heavy atom. The van der Waals surface area contributed by atoms with Crippen LogP contribution in [0.1, 0.15) is 17.4 Å². The fourth-order valence-corrected chi connectivity index (χ4v) is 1.99. The Hall–Kier alpha value is -2.01. The van der Waals surface area contributed by atoms with Gasteiger partial charge >= 0.3 is 0 Å². The van der Waals surface area contributed by atoms with E-state index in [1.807, 2.05) is 25.2 Å². The van der Waals surface area contributed by atoms with E-state index in [4.69, 9.17) is 14.0 Å². The van der Waals surface area contributed by atoms with Gasteiger partial charge in [0.15, 0.2) is 5.76 Å². The quantitative estimate of drug-likeness (QED) is 0.893. The molecule has 5 heteroatoms. The summed E-state index contributed by atoms with van der Waals surface area (Å²) in [5.41, 5.74) is 1.17. The molecule has 1 atom stereocenters. The van der Waals surface area contributed by atoms with Crippen molar-refractivity contribution in [2.45, 2.75) is 12.6 Å². The minimum Gasteiger partial charge on any atom is -0.491 e. The maximum Gasteiger partial charge on any atom is 0.174 e. The number of fused-ring (bicyclic) bond motifs is 1. The largest absolute Gasteiger partial charge is 0.491 e. The number of rotatable bonds is 4. The van der Waals surface area contributed by atoms with Gasteiger partial charge in [-0.25, -0.2) is 0 Å². The van der Waals surface area contributed by atoms with E-state index in [2.05, 4.69) is 10.5 Å². The van der Waals surface area contributed by atoms with E-state index in [1.54, 1.807) is 12.3 Å². The van der Waals surface area contributed by atoms with Crippen LogP contribution in [0.4, 0.5) is 0 Å². The molecule has 3 rings (SSSR count). The molecular formula is C13H14N2O3. The molecule has 0 radical (unpaired) electrons. The van der Waals surface area contributed by atoms with Crippen LogP contribution in [0.3, 0.4) is 0 Å². The molecule has 0 saturated heterocycles. The summed E-state index contributed by atoms with van der Waals surface area (Å²) in [5, 5.41) is 6.83. The average Bonchev–Trinajstić information content (AvgIpc) is 3.05. The molecule has 5 nitrogen and oxygen atoms in total. The zero-order valence-corrected chi connectivity index (χ0v) is 10.1. The Labute approximate surface area is 105 Å². The van der Waals surface area contributed by atoms with E-state index in [0.717, 1.165) is 11.5 Å². The minimum absolute atomic E-state index is 0.267. The van der Waals surface area contributed by atoms with Gasteiger partial charge in [-0.2, -0.15) is 0 Å². The second-order valence-electron chi connectivity index (χ2n) is 4.12. The summed E-state index contributed by atoms with van der Waals surface area (Å²) < 4.78 is 16.2. The molecule has 2 heterocycles. The predicted octanol–water partition coefficient (Wildman–Crippen LogP) is 1.91. The third-order valence-corrected chi connectivity index (χ3v) is 2.99. The number of ether oxygens (including phenoxy) is 2. The molecule has 1 aliphatic rings. The number of nitrogens with zero attached hydrogens (tertiary/aromatic N) is 1. The standard InChI is InChI=1S/C13H14N2O3/c1-14-12-8-17-13-6-9(2-3-11(12)13)16-7-10-4-5-15-18-10/h2-6,12,14H,7-8H2,1H3. The molecular weight excluding hydrogens is 232 g/mol. The summed E-state index contributed by atoms with van der Waals surface area (Å²) in [7, 11) is 1.93. The van der Waals surface area contributed by atoms with E-state index >= 15 is 0 Å². The lowest BCUT2D eigenvalue weighted by atomic mass is 10.1. The molecule has 0 aliphatic carbocycles. The Kier molecular flexibility index (Phi) is 2.90. The van der Waals surface area contributed by atoms with Crippen LogP contribution in [0, 0.1) is 0 Å². The monoisotopic (exact) mass is 246 g/mol. The van der Waals surface area contributed by atoms with E-state index in [9.17, 15) is 0 Å². The van der Waals surface area contributed by atoms with Gasteiger partial charge in [0.25, 0.3) is 0 Å². The number of aromatic nitrogens is 1. The fourth-order valence-electron chi connectivity index (χ4n) is 1.99. The summed E-state index contributed by atoms with van der Waals surface area (Å²) in [5.74, 6) is 2.34. The van der Waals surface area contributed by atoms with Crippen LogP contribution in [0.15, 0.2) is 35.0 Å². The van der Waals surface area contributed by atoms with E-state index in [1.165, 1.54) is 5.56 Å². The van der Waals surface area contributed by atoms with Crippen LogP contribution in [-0.4, -0.2) is 18.8 Å². The van der Waals surface area contributed by atoms with E-state index in [0.29, 0.717) is 19.0 Å². The molecule has 0 bridgehead atoms. The maximum absolute atomic E-state index is 5.61. The van der Waals surface area contributed by atoms with Crippen molar-refractivity contribution in [2.75, 3.05) is 13.7 Å². The van der Waals surface area contributed by atoms with Gasteiger partial charge in [0, 0.05) is 17.7 Å². The number of nitrogens with one attached hydrogen (secondary N) is 1. The molecule has 0 saturated carbocycles. The number of hydrogen-bond acceptors (Lipinski definition) is 5. The third kappa shape index (κ3) is 2.04. The van der Waals surface area contributed by atoms with Crippen LogP contribution in [-0.2, 0) is 6.61 Å². The Morgan fingerprint density at radius 2 is 2.39 bits per heavy atom. The summed E-state index contributed by atoms with van der Waals surface area (Å²) in [6, 6.07) is 7.92. The Bertz CT molecular complexity index is 525. The van der Waals surface area contributed by atoms with Gasteiger partial charge in [-0.05, 0) is 19.2 Å². The first-order chi connectivity index (χ1) is 8.86. The number of hydrogen-bond donors (Lipinski definition) is 1. The molecule has 1 N–H and O–H groups in total. The molecule has 1 aliphatic heterocycles. The average molecular weight is 246 g/mol. The highest BCUT2D eigenvalue weighted by molar-refractivity contribution is 5.44. The normalized spacial score (nSPS) is 17.3. The van der Waals surface area contributed by atoms with Crippen LogP contribution in [0.5, 0.6) is 11.5 Å². The molecule has 0 spiro atoms. The second-order valence-corrected chi connectivity index (χ2v) is 4.12. The molecule has 1 unspecified atom stereocenters. The zero-order chi connectivity index (χ0) is 12.4. The van der Waals surface area contributed by atoms with Crippen LogP contribution in [0.25, 0.3) is 0 Å². The molecule has 0 amide bonds. The smallest absolute Gasteiger partial charge is 0.174 e. The lowest BCUT2D eigenvalue weighted by molar-refractivity contribution is 0.248. The second kappa shape index (κ2) is 4.70. The lowest BCUT2D eigenvalue weighted by Crippen LogP contribution is -2.17. The van der Waals surface area contributed by atoms with Gasteiger partial charge in [-0.3, -0.25) is 0 Å². The van der Waals surface area contributed by atoms with E-state index < -0.39 is 0 Å². The van der Waals surface area contributed by atoms with Gasteiger partial charge in [-0.1, -0.05) is 5.16 Å². The molecule has 1 aromatic heterocycles. The fraction of sp³-hybridized carbons (Fsp3) is 0.308. The van der Waals surface area contributed by atoms with Crippen LogP contribution >= 0.6 is 0 Å². The SMILES string of the molecule is CNC1COc2cc(OCc3ccno3)ccc21. The van der Waals surface area contributed by atoms with Crippen molar-refractivity contribution in [1.29, 1.82) is 0 Å². The number of benzene rings is 1. The topological polar surface area (TPSA) is 56.5 Å². The molecule has 0 fully saturated rings. The summed E-state index contributed by atoms with van der Waals surface area (Å²) in [6.07, 6.45) is 1.60. The van der Waals surface area contributed by atoms with Gasteiger partial charge < -0.3 is 19.3 Å². The van der Waals surface area contributed by atoms with Crippen molar-refractivity contribution in [1.82, 2.24) is 10.5 Å². The highest BCUT2D eigenvalue weighted by Gasteiger charge is 2.22. The van der Waals surface area contributed by atoms with Crippen molar-refractivity contribution in [3.63, 3.8) is 0 Å². The van der Waals surface area contributed by atoms with Gasteiger partial charge in [0.2, 0.25) is 0 Å². The van der Waals surface area contributed by atoms with Crippen molar-refractivity contribution in [3.05, 3.63) is 41.8 Å². The summed E-state index contributed by atoms with van der Waals surface area (Å²) >= 11 is 0. The molecule has 1 aromatic carbocycles. The Balaban J connectivity index is 1.71. The molecule has 18 heavy (non-hydrogen) atoms.